The van der Waals surface area contributed by atoms with Crippen molar-refractivity contribution in [3.05, 3.63) is 119 Å². The number of anilines is 1. The molecule has 1 N–H and O–H groups in total. The molecule has 0 radical (unpaired) electrons. The maximum absolute atomic E-state index is 13.4. The summed E-state index contributed by atoms with van der Waals surface area (Å²) >= 11 is 0. The average Bonchev–Trinajstić information content (AvgIpc) is 3.18. The number of aliphatic hydroxyl groups is 1. The lowest BCUT2D eigenvalue weighted by molar-refractivity contribution is -0.139. The normalized spacial score (nSPS) is 16.8. The lowest BCUT2D eigenvalue weighted by Crippen LogP contribution is -2.29. The number of rotatable bonds is 5. The molecule has 1 saturated heterocycles. The van der Waals surface area contributed by atoms with Gasteiger partial charge in [-0.15, -0.1) is 0 Å². The van der Waals surface area contributed by atoms with Crippen molar-refractivity contribution in [1.29, 1.82) is 0 Å². The smallest absolute Gasteiger partial charge is 0.309 e. The molecule has 37 heavy (non-hydrogen) atoms. The Morgan fingerprint density at radius 3 is 2.27 bits per heavy atom. The minimum atomic E-state index is -0.820. The lowest BCUT2D eigenvalue weighted by atomic mass is 9.92. The van der Waals surface area contributed by atoms with Gasteiger partial charge in [0.25, 0.3) is 11.7 Å². The Balaban J connectivity index is 1.66. The van der Waals surface area contributed by atoms with Crippen LogP contribution >= 0.6 is 0 Å². The molecule has 6 nitrogen and oxygen atoms in total. The third-order valence-electron chi connectivity index (χ3n) is 6.74. The molecule has 6 heteroatoms. The molecule has 5 rings (SSSR count). The van der Waals surface area contributed by atoms with E-state index in [4.69, 9.17) is 4.74 Å². The number of carbonyl (C=O) groups excluding carboxylic acids is 3. The van der Waals surface area contributed by atoms with Crippen molar-refractivity contribution in [3.63, 3.8) is 0 Å². The number of benzene rings is 4. The van der Waals surface area contributed by atoms with Crippen LogP contribution in [0.15, 0.2) is 96.6 Å². The zero-order chi connectivity index (χ0) is 26.1. The van der Waals surface area contributed by atoms with Crippen LogP contribution in [0.25, 0.3) is 16.5 Å². The van der Waals surface area contributed by atoms with Gasteiger partial charge in [-0.3, -0.25) is 19.3 Å². The van der Waals surface area contributed by atoms with Gasteiger partial charge in [0.05, 0.1) is 25.1 Å². The van der Waals surface area contributed by atoms with E-state index in [0.717, 1.165) is 27.5 Å². The second-order valence-corrected chi connectivity index (χ2v) is 9.01. The molecule has 0 aliphatic carbocycles. The molecule has 0 spiro atoms. The van der Waals surface area contributed by atoms with E-state index in [0.29, 0.717) is 11.3 Å². The summed E-state index contributed by atoms with van der Waals surface area (Å²) in [5.41, 5.74) is 3.32. The summed E-state index contributed by atoms with van der Waals surface area (Å²) in [4.78, 5) is 39.9. The molecule has 1 heterocycles. The first-order chi connectivity index (χ1) is 17.9. The van der Waals surface area contributed by atoms with Crippen molar-refractivity contribution in [2.75, 3.05) is 12.0 Å². The minimum Gasteiger partial charge on any atom is -0.507 e. The van der Waals surface area contributed by atoms with E-state index in [2.05, 4.69) is 0 Å². The van der Waals surface area contributed by atoms with Gasteiger partial charge in [0, 0.05) is 11.3 Å². The summed E-state index contributed by atoms with van der Waals surface area (Å²) in [6, 6.07) is 26.7. The maximum atomic E-state index is 13.4. The Hall–Kier alpha value is -4.71. The van der Waals surface area contributed by atoms with Gasteiger partial charge < -0.3 is 9.84 Å². The van der Waals surface area contributed by atoms with E-state index in [9.17, 15) is 19.5 Å². The van der Waals surface area contributed by atoms with Crippen molar-refractivity contribution < 1.29 is 24.2 Å². The second kappa shape index (κ2) is 9.74. The number of aryl methyl sites for hydroxylation is 1. The molecule has 1 atom stereocenters. The number of aliphatic hydroxyl groups excluding tert-OH is 1. The number of hydrogen-bond acceptors (Lipinski definition) is 5. The number of fused-ring (bicyclic) bond motifs is 1. The fourth-order valence-electron chi connectivity index (χ4n) is 4.79. The van der Waals surface area contributed by atoms with Crippen molar-refractivity contribution in [1.82, 2.24) is 0 Å². The zero-order valence-electron chi connectivity index (χ0n) is 20.5. The molecule has 0 aromatic heterocycles. The van der Waals surface area contributed by atoms with Crippen LogP contribution in [0.5, 0.6) is 0 Å². The van der Waals surface area contributed by atoms with Gasteiger partial charge >= 0.3 is 5.97 Å². The SMILES string of the molecule is COC(=O)Cc1ccc(N2C(=O)C(=O)/C(=C(/O)c3ccc4ccccc4c3)C2c2ccccc2C)cc1. The van der Waals surface area contributed by atoms with Gasteiger partial charge in [0.15, 0.2) is 0 Å². The quantitative estimate of drug-likeness (QED) is 0.173. The summed E-state index contributed by atoms with van der Waals surface area (Å²) in [6.07, 6.45) is 0.0960. The summed E-state index contributed by atoms with van der Waals surface area (Å²) in [5, 5.41) is 13.4. The molecule has 1 aliphatic rings. The van der Waals surface area contributed by atoms with Crippen LogP contribution in [-0.4, -0.2) is 29.9 Å². The maximum Gasteiger partial charge on any atom is 0.309 e. The van der Waals surface area contributed by atoms with Gasteiger partial charge in [-0.1, -0.05) is 72.8 Å². The van der Waals surface area contributed by atoms with Gasteiger partial charge in [-0.05, 0) is 52.6 Å². The van der Waals surface area contributed by atoms with Crippen molar-refractivity contribution in [2.24, 2.45) is 0 Å². The Morgan fingerprint density at radius 1 is 0.892 bits per heavy atom. The van der Waals surface area contributed by atoms with Gasteiger partial charge in [-0.25, -0.2) is 0 Å². The van der Waals surface area contributed by atoms with E-state index < -0.39 is 17.7 Å². The van der Waals surface area contributed by atoms with E-state index in [1.54, 1.807) is 30.3 Å². The van der Waals surface area contributed by atoms with Gasteiger partial charge in [0.2, 0.25) is 0 Å². The van der Waals surface area contributed by atoms with Crippen molar-refractivity contribution >= 4 is 39.9 Å². The highest BCUT2D eigenvalue weighted by Crippen LogP contribution is 2.43. The predicted octanol–water partition coefficient (Wildman–Crippen LogP) is 5.49. The Kier molecular flexibility index (Phi) is 6.32. The fourth-order valence-corrected chi connectivity index (χ4v) is 4.79. The van der Waals surface area contributed by atoms with Crippen molar-refractivity contribution in [3.8, 4) is 0 Å². The van der Waals surface area contributed by atoms with Crippen LogP contribution in [-0.2, 0) is 25.5 Å². The molecule has 0 bridgehead atoms. The number of Topliss-reactive ketones (excluding diaryl/α,β-unsaturated/α-hetero) is 1. The molecular weight excluding hydrogens is 466 g/mol. The summed E-state index contributed by atoms with van der Waals surface area (Å²) in [7, 11) is 1.33. The van der Waals surface area contributed by atoms with E-state index in [1.807, 2.05) is 67.6 Å². The van der Waals surface area contributed by atoms with Crippen LogP contribution in [0.3, 0.4) is 0 Å². The molecule has 1 unspecified atom stereocenters. The van der Waals surface area contributed by atoms with Crippen LogP contribution in [0.4, 0.5) is 5.69 Å². The first-order valence-electron chi connectivity index (χ1n) is 11.9. The Morgan fingerprint density at radius 2 is 1.57 bits per heavy atom. The minimum absolute atomic E-state index is 0.0354. The van der Waals surface area contributed by atoms with Gasteiger partial charge in [0.1, 0.15) is 5.76 Å². The summed E-state index contributed by atoms with van der Waals surface area (Å²) in [5.74, 6) is -2.07. The monoisotopic (exact) mass is 491 g/mol. The largest absolute Gasteiger partial charge is 0.507 e. The van der Waals surface area contributed by atoms with E-state index >= 15 is 0 Å². The lowest BCUT2D eigenvalue weighted by Gasteiger charge is -2.26. The number of amides is 1. The number of nitrogens with zero attached hydrogens (tertiary/aromatic N) is 1. The number of ketones is 1. The van der Waals surface area contributed by atoms with E-state index in [1.165, 1.54) is 12.0 Å². The molecule has 1 aliphatic heterocycles. The molecular formula is C31H25NO5. The predicted molar refractivity (Wildman–Crippen MR) is 142 cm³/mol. The highest BCUT2D eigenvalue weighted by Gasteiger charge is 2.47. The number of esters is 1. The summed E-state index contributed by atoms with van der Waals surface area (Å²) < 4.78 is 4.73. The van der Waals surface area contributed by atoms with E-state index in [-0.39, 0.29) is 23.7 Å². The summed E-state index contributed by atoms with van der Waals surface area (Å²) in [6.45, 7) is 1.91. The second-order valence-electron chi connectivity index (χ2n) is 9.01. The van der Waals surface area contributed by atoms with Gasteiger partial charge in [-0.2, -0.15) is 0 Å². The topological polar surface area (TPSA) is 83.9 Å². The van der Waals surface area contributed by atoms with Crippen LogP contribution in [0, 0.1) is 6.92 Å². The molecule has 0 saturated carbocycles. The van der Waals surface area contributed by atoms with Crippen molar-refractivity contribution in [2.45, 2.75) is 19.4 Å². The van der Waals surface area contributed by atoms with Crippen LogP contribution < -0.4 is 4.90 Å². The first kappa shape index (κ1) is 24.0. The molecule has 184 valence electrons. The molecule has 4 aromatic carbocycles. The third kappa shape index (κ3) is 4.38. The van der Waals surface area contributed by atoms with Crippen LogP contribution in [0.2, 0.25) is 0 Å². The zero-order valence-corrected chi connectivity index (χ0v) is 20.5. The fraction of sp³-hybridized carbons (Fsp3) is 0.129. The first-order valence-corrected chi connectivity index (χ1v) is 11.9. The number of methoxy groups -OCH3 is 1. The average molecular weight is 492 g/mol. The Labute approximate surface area is 214 Å². The Bertz CT molecular complexity index is 1570. The standard InChI is InChI=1S/C31H25NO5/c1-19-7-3-6-10-25(19)28-27(29(34)23-14-13-21-8-4-5-9-22(21)18-23)30(35)31(36)32(28)24-15-11-20(12-16-24)17-26(33)37-2/h3-16,18,28,34H,17H2,1-2H3/b29-27+. The van der Waals surface area contributed by atoms with Crippen LogP contribution in [0.1, 0.15) is 28.3 Å². The number of hydrogen-bond donors (Lipinski definition) is 1. The number of ether oxygens (including phenoxy) is 1. The number of carbonyl (C=O) groups is 3. The highest BCUT2D eigenvalue weighted by molar-refractivity contribution is 6.51. The molecule has 1 amide bonds. The molecule has 4 aromatic rings. The highest BCUT2D eigenvalue weighted by atomic mass is 16.5. The third-order valence-corrected chi connectivity index (χ3v) is 6.74. The molecule has 1 fully saturated rings.